The van der Waals surface area contributed by atoms with Crippen LogP contribution in [0.25, 0.3) is 22.2 Å². The van der Waals surface area contributed by atoms with E-state index in [-0.39, 0.29) is 27.8 Å². The molecule has 0 saturated carbocycles. The topological polar surface area (TPSA) is 41.1 Å². The van der Waals surface area contributed by atoms with E-state index in [2.05, 4.69) is 9.97 Å². The lowest BCUT2D eigenvalue weighted by molar-refractivity contribution is 0.143. The molecular weight excluding hydrogens is 379 g/mol. The van der Waals surface area contributed by atoms with Crippen molar-refractivity contribution in [3.05, 3.63) is 71.4 Å². The number of halogens is 4. The zero-order valence-corrected chi connectivity index (χ0v) is 14.8. The van der Waals surface area contributed by atoms with Crippen LogP contribution in [-0.2, 0) is 4.74 Å². The molecule has 1 aromatic heterocycles. The molecule has 4 nitrogen and oxygen atoms in total. The van der Waals surface area contributed by atoms with Crippen LogP contribution in [0.5, 0.6) is 0 Å². The minimum Gasteiger partial charge on any atom is -0.358 e. The molecule has 4 rings (SSSR count). The number of aromatic amines is 1. The van der Waals surface area contributed by atoms with Crippen LogP contribution in [-0.4, -0.2) is 23.3 Å². The summed E-state index contributed by atoms with van der Waals surface area (Å²) < 4.78 is 49.4. The van der Waals surface area contributed by atoms with Gasteiger partial charge in [-0.05, 0) is 42.0 Å². The Bertz CT molecular complexity index is 1090. The SMILES string of the molecule is COC1C=CC(Cl)=CN1c1ccc(F)c(-c2cc(F)c3[nH]cnc3c2)c1F. The molecule has 0 aliphatic carbocycles. The van der Waals surface area contributed by atoms with Crippen LogP contribution in [0.2, 0.25) is 0 Å². The van der Waals surface area contributed by atoms with Crippen molar-refractivity contribution in [3.8, 4) is 11.1 Å². The first-order chi connectivity index (χ1) is 13.0. The first kappa shape index (κ1) is 17.6. The smallest absolute Gasteiger partial charge is 0.157 e. The van der Waals surface area contributed by atoms with Crippen LogP contribution in [0, 0.1) is 17.5 Å². The molecular formula is C19H13ClF3N3O. The molecule has 1 N–H and O–H groups in total. The quantitative estimate of drug-likeness (QED) is 0.677. The highest BCUT2D eigenvalue weighted by atomic mass is 35.5. The molecule has 3 aromatic rings. The summed E-state index contributed by atoms with van der Waals surface area (Å²) in [5.41, 5.74) is 0.174. The summed E-state index contributed by atoms with van der Waals surface area (Å²) in [5.74, 6) is -2.33. The average Bonchev–Trinajstić information content (AvgIpc) is 3.11. The molecule has 1 unspecified atom stereocenters. The Morgan fingerprint density at radius 3 is 2.78 bits per heavy atom. The molecule has 1 aliphatic rings. The molecule has 2 heterocycles. The second kappa shape index (κ2) is 6.75. The van der Waals surface area contributed by atoms with E-state index in [0.29, 0.717) is 5.03 Å². The number of methoxy groups -OCH3 is 1. The maximum absolute atomic E-state index is 15.3. The minimum atomic E-state index is -0.859. The number of allylic oxidation sites excluding steroid dienone is 2. The van der Waals surface area contributed by atoms with E-state index >= 15 is 4.39 Å². The lowest BCUT2D eigenvalue weighted by Gasteiger charge is -2.30. The van der Waals surface area contributed by atoms with Gasteiger partial charge in [-0.15, -0.1) is 0 Å². The number of fused-ring (bicyclic) bond motifs is 1. The number of benzene rings is 2. The molecule has 8 heteroatoms. The van der Waals surface area contributed by atoms with Gasteiger partial charge in [-0.25, -0.2) is 18.2 Å². The van der Waals surface area contributed by atoms with Gasteiger partial charge in [0.1, 0.15) is 17.2 Å². The van der Waals surface area contributed by atoms with Crippen molar-refractivity contribution in [3.63, 3.8) is 0 Å². The molecule has 138 valence electrons. The van der Waals surface area contributed by atoms with Gasteiger partial charge in [-0.1, -0.05) is 11.6 Å². The van der Waals surface area contributed by atoms with Crippen LogP contribution in [0.3, 0.4) is 0 Å². The Balaban J connectivity index is 1.89. The normalized spacial score (nSPS) is 16.9. The number of imidazole rings is 1. The molecule has 0 bridgehead atoms. The van der Waals surface area contributed by atoms with Crippen molar-refractivity contribution in [2.24, 2.45) is 0 Å². The number of nitrogens with zero attached hydrogens (tertiary/aromatic N) is 2. The Morgan fingerprint density at radius 1 is 1.19 bits per heavy atom. The van der Waals surface area contributed by atoms with Crippen molar-refractivity contribution in [1.82, 2.24) is 9.97 Å². The highest BCUT2D eigenvalue weighted by Crippen LogP contribution is 2.36. The van der Waals surface area contributed by atoms with Gasteiger partial charge in [0, 0.05) is 13.3 Å². The largest absolute Gasteiger partial charge is 0.358 e. The van der Waals surface area contributed by atoms with Crippen molar-refractivity contribution in [2.45, 2.75) is 6.23 Å². The Hall–Kier alpha value is -2.77. The van der Waals surface area contributed by atoms with E-state index in [1.54, 1.807) is 12.2 Å². The van der Waals surface area contributed by atoms with Gasteiger partial charge >= 0.3 is 0 Å². The van der Waals surface area contributed by atoms with E-state index in [1.165, 1.54) is 36.7 Å². The van der Waals surface area contributed by atoms with Gasteiger partial charge in [-0.3, -0.25) is 0 Å². The van der Waals surface area contributed by atoms with Gasteiger partial charge in [0.05, 0.1) is 28.1 Å². The molecule has 1 aliphatic heterocycles. The summed E-state index contributed by atoms with van der Waals surface area (Å²) in [4.78, 5) is 8.05. The van der Waals surface area contributed by atoms with Crippen molar-refractivity contribution < 1.29 is 17.9 Å². The van der Waals surface area contributed by atoms with Gasteiger partial charge in [-0.2, -0.15) is 0 Å². The zero-order valence-electron chi connectivity index (χ0n) is 14.0. The molecule has 0 amide bonds. The second-order valence-corrected chi connectivity index (χ2v) is 6.35. The number of rotatable bonds is 3. The standard InChI is InChI=1S/C19H13ClF3N3O/c1-27-16-5-2-11(20)8-26(16)15-4-3-12(21)17(18(15)23)10-6-13(22)19-14(7-10)24-9-25-19/h2-9,16H,1H3,(H,24,25). The fourth-order valence-electron chi connectivity index (χ4n) is 3.07. The summed E-state index contributed by atoms with van der Waals surface area (Å²) in [7, 11) is 1.46. The lowest BCUT2D eigenvalue weighted by atomic mass is 10.0. The van der Waals surface area contributed by atoms with E-state index in [1.807, 2.05) is 0 Å². The summed E-state index contributed by atoms with van der Waals surface area (Å²) in [6.45, 7) is 0. The summed E-state index contributed by atoms with van der Waals surface area (Å²) in [5, 5.41) is 0.359. The molecule has 0 fully saturated rings. The second-order valence-electron chi connectivity index (χ2n) is 5.92. The maximum Gasteiger partial charge on any atom is 0.157 e. The number of hydrogen-bond donors (Lipinski definition) is 1. The van der Waals surface area contributed by atoms with E-state index in [9.17, 15) is 8.78 Å². The number of anilines is 1. The van der Waals surface area contributed by atoms with E-state index in [4.69, 9.17) is 16.3 Å². The fraction of sp³-hybridized carbons (Fsp3) is 0.105. The van der Waals surface area contributed by atoms with E-state index < -0.39 is 23.7 Å². The fourth-order valence-corrected chi connectivity index (χ4v) is 3.25. The first-order valence-electron chi connectivity index (χ1n) is 7.97. The maximum atomic E-state index is 15.3. The van der Waals surface area contributed by atoms with Gasteiger partial charge in [0.25, 0.3) is 0 Å². The molecule has 2 aromatic carbocycles. The molecule has 0 saturated heterocycles. The third-order valence-electron chi connectivity index (χ3n) is 4.32. The van der Waals surface area contributed by atoms with Gasteiger partial charge in [0.15, 0.2) is 12.0 Å². The summed E-state index contributed by atoms with van der Waals surface area (Å²) in [6, 6.07) is 4.89. The van der Waals surface area contributed by atoms with Crippen LogP contribution < -0.4 is 4.90 Å². The zero-order chi connectivity index (χ0) is 19.1. The third kappa shape index (κ3) is 2.98. The van der Waals surface area contributed by atoms with Crippen LogP contribution in [0.15, 0.2) is 54.0 Å². The number of nitrogens with one attached hydrogen (secondary N) is 1. The van der Waals surface area contributed by atoms with Crippen LogP contribution >= 0.6 is 11.6 Å². The third-order valence-corrected chi connectivity index (χ3v) is 4.54. The average molecular weight is 392 g/mol. The van der Waals surface area contributed by atoms with Crippen LogP contribution in [0.1, 0.15) is 0 Å². The van der Waals surface area contributed by atoms with Crippen LogP contribution in [0.4, 0.5) is 18.9 Å². The van der Waals surface area contributed by atoms with E-state index in [0.717, 1.165) is 12.1 Å². The summed E-state index contributed by atoms with van der Waals surface area (Å²) in [6.07, 6.45) is 5.44. The number of H-pyrrole nitrogens is 1. The monoisotopic (exact) mass is 391 g/mol. The Morgan fingerprint density at radius 2 is 2.00 bits per heavy atom. The minimum absolute atomic E-state index is 0.0422. The van der Waals surface area contributed by atoms with Crippen molar-refractivity contribution >= 4 is 28.3 Å². The first-order valence-corrected chi connectivity index (χ1v) is 8.35. The number of ether oxygens (including phenoxy) is 1. The number of aromatic nitrogens is 2. The molecule has 27 heavy (non-hydrogen) atoms. The van der Waals surface area contributed by atoms with Gasteiger partial charge in [0.2, 0.25) is 0 Å². The predicted octanol–water partition coefficient (Wildman–Crippen LogP) is 5.08. The Kier molecular flexibility index (Phi) is 4.41. The van der Waals surface area contributed by atoms with Gasteiger partial charge < -0.3 is 14.6 Å². The molecule has 0 radical (unpaired) electrons. The van der Waals surface area contributed by atoms with Crippen molar-refractivity contribution in [2.75, 3.05) is 12.0 Å². The predicted molar refractivity (Wildman–Crippen MR) is 97.8 cm³/mol. The highest BCUT2D eigenvalue weighted by Gasteiger charge is 2.25. The summed E-state index contributed by atoms with van der Waals surface area (Å²) >= 11 is 6.02. The Labute approximate surface area is 157 Å². The number of hydrogen-bond acceptors (Lipinski definition) is 3. The lowest BCUT2D eigenvalue weighted by Crippen LogP contribution is -2.33. The molecule has 1 atom stereocenters. The van der Waals surface area contributed by atoms with Crippen molar-refractivity contribution in [1.29, 1.82) is 0 Å². The highest BCUT2D eigenvalue weighted by molar-refractivity contribution is 6.31. The molecule has 0 spiro atoms.